The highest BCUT2D eigenvalue weighted by Gasteiger charge is 2.17. The summed E-state index contributed by atoms with van der Waals surface area (Å²) in [4.78, 5) is 0. The molecule has 2 heteroatoms. The summed E-state index contributed by atoms with van der Waals surface area (Å²) >= 11 is 2.46. The van der Waals surface area contributed by atoms with Gasteiger partial charge in [0.15, 0.2) is 0 Å². The Balaban J connectivity index is 2.02. The summed E-state index contributed by atoms with van der Waals surface area (Å²) in [5.41, 5.74) is 2.59. The van der Waals surface area contributed by atoms with Crippen LogP contribution in [0.5, 0.6) is 0 Å². The number of hydrogen-bond acceptors (Lipinski definition) is 0. The van der Waals surface area contributed by atoms with Crippen LogP contribution in [-0.2, 0) is 0 Å². The zero-order chi connectivity index (χ0) is 17.3. The molecule has 0 saturated carbocycles. The first-order valence-corrected chi connectivity index (χ1v) is 9.72. The fourth-order valence-electron chi connectivity index (χ4n) is 4.31. The van der Waals surface area contributed by atoms with Gasteiger partial charge in [-0.15, -0.1) is 0 Å². The van der Waals surface area contributed by atoms with Crippen molar-refractivity contribution in [1.82, 2.24) is 2.78 Å². The Morgan fingerprint density at radius 3 is 1.81 bits per heavy atom. The Morgan fingerprint density at radius 2 is 1.08 bits per heavy atom. The predicted octanol–water partition coefficient (Wildman–Crippen LogP) is 7.45. The number of fused-ring (bicyclic) bond motifs is 9. The van der Waals surface area contributed by atoms with Crippen molar-refractivity contribution in [3.8, 4) is 0 Å². The predicted molar refractivity (Wildman–Crippen MR) is 121 cm³/mol. The normalized spacial score (nSPS) is 12.0. The van der Waals surface area contributed by atoms with Gasteiger partial charge in [0.05, 0.1) is 33.9 Å². The molecule has 122 valence electrons. The quantitative estimate of drug-likeness (QED) is 0.170. The second-order valence-electron chi connectivity index (χ2n) is 6.81. The van der Waals surface area contributed by atoms with Crippen LogP contribution in [0.3, 0.4) is 0 Å². The van der Waals surface area contributed by atoms with Crippen molar-refractivity contribution in [3.05, 3.63) is 84.9 Å². The maximum atomic E-state index is 2.46. The average Bonchev–Trinajstić information content (AvgIpc) is 2.99. The maximum Gasteiger partial charge on any atom is 0.0675 e. The molecule has 1 nitrogen and oxygen atoms in total. The van der Waals surface area contributed by atoms with Crippen LogP contribution in [0.25, 0.3) is 54.1 Å². The van der Waals surface area contributed by atoms with Crippen LogP contribution in [-0.4, -0.2) is 2.78 Å². The first-order valence-electron chi connectivity index (χ1n) is 8.75. The van der Waals surface area contributed by atoms with E-state index in [9.17, 15) is 0 Å². The van der Waals surface area contributed by atoms with E-state index in [0.717, 1.165) is 0 Å². The van der Waals surface area contributed by atoms with Gasteiger partial charge in [0, 0.05) is 16.2 Å². The Kier molecular flexibility index (Phi) is 2.92. The molecule has 0 bridgehead atoms. The summed E-state index contributed by atoms with van der Waals surface area (Å²) < 4.78 is 2.34. The summed E-state index contributed by atoms with van der Waals surface area (Å²) in [6, 6.07) is 30.8. The van der Waals surface area contributed by atoms with Crippen LogP contribution in [0.15, 0.2) is 84.9 Å². The van der Waals surface area contributed by atoms with E-state index in [4.69, 9.17) is 0 Å². The van der Waals surface area contributed by atoms with E-state index in [-0.39, 0.29) is 0 Å². The SMILES string of the molecule is In1c2cc3ccccc3cc2c2c3ccccc3c3ccccc3c21. The number of rotatable bonds is 0. The smallest absolute Gasteiger partial charge is 0.0675 e. The van der Waals surface area contributed by atoms with Crippen molar-refractivity contribution >= 4 is 77.0 Å². The molecule has 1 aromatic heterocycles. The molecule has 0 atom stereocenters. The molecule has 0 N–H and O–H groups in total. The van der Waals surface area contributed by atoms with Crippen LogP contribution in [0.2, 0.25) is 0 Å². The Bertz CT molecular complexity index is 1490. The number of halogens is 1. The van der Waals surface area contributed by atoms with Crippen LogP contribution >= 0.6 is 22.9 Å². The van der Waals surface area contributed by atoms with E-state index in [2.05, 4.69) is 111 Å². The van der Waals surface area contributed by atoms with Gasteiger partial charge in [-0.1, -0.05) is 72.8 Å². The monoisotopic (exact) mass is 443 g/mol. The van der Waals surface area contributed by atoms with Gasteiger partial charge in [0.2, 0.25) is 0 Å². The highest BCUT2D eigenvalue weighted by Crippen LogP contribution is 2.42. The van der Waals surface area contributed by atoms with Crippen molar-refractivity contribution in [3.63, 3.8) is 0 Å². The third-order valence-corrected chi connectivity index (χ3v) is 6.45. The standard InChI is InChI=1S/C24H14IN/c25-26-22-14-16-8-2-1-7-15(16)13-21(22)23-19-11-5-3-9-17(19)18-10-4-6-12-20(18)24(23)26/h1-14H. The van der Waals surface area contributed by atoms with Crippen LogP contribution < -0.4 is 0 Å². The first-order chi connectivity index (χ1) is 12.8. The van der Waals surface area contributed by atoms with Gasteiger partial charge in [-0.25, -0.2) is 0 Å². The summed E-state index contributed by atoms with van der Waals surface area (Å²) in [5.74, 6) is 0. The van der Waals surface area contributed by atoms with Crippen molar-refractivity contribution in [1.29, 1.82) is 0 Å². The van der Waals surface area contributed by atoms with E-state index in [1.807, 2.05) is 0 Å². The summed E-state index contributed by atoms with van der Waals surface area (Å²) in [6.07, 6.45) is 0. The van der Waals surface area contributed by atoms with Gasteiger partial charge >= 0.3 is 0 Å². The number of nitrogens with zero attached hydrogens (tertiary/aromatic N) is 1. The molecule has 0 saturated heterocycles. The molecule has 6 rings (SSSR count). The van der Waals surface area contributed by atoms with Gasteiger partial charge in [-0.05, 0) is 39.1 Å². The molecule has 0 aliphatic rings. The number of benzene rings is 5. The molecular formula is C24H14IN. The molecule has 5 aromatic carbocycles. The molecular weight excluding hydrogens is 429 g/mol. The van der Waals surface area contributed by atoms with E-state index in [1.165, 1.54) is 54.1 Å². The van der Waals surface area contributed by atoms with Gasteiger partial charge < -0.3 is 0 Å². The highest BCUT2D eigenvalue weighted by atomic mass is 127. The lowest BCUT2D eigenvalue weighted by Crippen LogP contribution is -1.83. The Morgan fingerprint density at radius 1 is 0.538 bits per heavy atom. The molecule has 0 spiro atoms. The molecule has 0 aliphatic heterocycles. The highest BCUT2D eigenvalue weighted by molar-refractivity contribution is 14.1. The van der Waals surface area contributed by atoms with Crippen LogP contribution in [0, 0.1) is 0 Å². The molecule has 0 aliphatic carbocycles. The van der Waals surface area contributed by atoms with Crippen LogP contribution in [0.4, 0.5) is 0 Å². The van der Waals surface area contributed by atoms with Gasteiger partial charge in [-0.3, -0.25) is 2.78 Å². The molecule has 6 aromatic rings. The lowest BCUT2D eigenvalue weighted by Gasteiger charge is -2.08. The van der Waals surface area contributed by atoms with Crippen molar-refractivity contribution in [2.45, 2.75) is 0 Å². The lowest BCUT2D eigenvalue weighted by molar-refractivity contribution is 1.52. The topological polar surface area (TPSA) is 4.93 Å². The molecule has 0 amide bonds. The van der Waals surface area contributed by atoms with Crippen LogP contribution in [0.1, 0.15) is 0 Å². The summed E-state index contributed by atoms with van der Waals surface area (Å²) in [6.45, 7) is 0. The molecule has 0 radical (unpaired) electrons. The summed E-state index contributed by atoms with van der Waals surface area (Å²) in [7, 11) is 0. The van der Waals surface area contributed by atoms with Crippen molar-refractivity contribution in [2.24, 2.45) is 0 Å². The van der Waals surface area contributed by atoms with E-state index < -0.39 is 0 Å². The largest absolute Gasteiger partial charge is 0.281 e. The molecule has 0 fully saturated rings. The minimum atomic E-state index is 1.28. The number of hydrogen-bond donors (Lipinski definition) is 0. The average molecular weight is 443 g/mol. The zero-order valence-electron chi connectivity index (χ0n) is 13.9. The van der Waals surface area contributed by atoms with Crippen molar-refractivity contribution < 1.29 is 0 Å². The van der Waals surface area contributed by atoms with Gasteiger partial charge in [0.25, 0.3) is 0 Å². The maximum absolute atomic E-state index is 2.46. The fourth-order valence-corrected chi connectivity index (χ4v) is 5.21. The lowest BCUT2D eigenvalue weighted by atomic mass is 9.96. The zero-order valence-corrected chi connectivity index (χ0v) is 16.1. The summed E-state index contributed by atoms with van der Waals surface area (Å²) in [5, 5.41) is 10.6. The van der Waals surface area contributed by atoms with Crippen molar-refractivity contribution in [2.75, 3.05) is 0 Å². The number of aromatic nitrogens is 1. The fraction of sp³-hybridized carbons (Fsp3) is 0. The van der Waals surface area contributed by atoms with E-state index in [0.29, 0.717) is 0 Å². The molecule has 26 heavy (non-hydrogen) atoms. The third-order valence-electron chi connectivity index (χ3n) is 5.45. The minimum Gasteiger partial charge on any atom is -0.281 e. The van der Waals surface area contributed by atoms with Gasteiger partial charge in [0.1, 0.15) is 0 Å². The van der Waals surface area contributed by atoms with Gasteiger partial charge in [-0.2, -0.15) is 0 Å². The second kappa shape index (κ2) is 5.21. The third kappa shape index (κ3) is 1.80. The molecule has 0 unspecified atom stereocenters. The molecule has 1 heterocycles. The van der Waals surface area contributed by atoms with E-state index in [1.54, 1.807) is 0 Å². The Hall–Kier alpha value is -2.59. The second-order valence-corrected chi connectivity index (χ2v) is 7.78. The Labute approximate surface area is 164 Å². The van der Waals surface area contributed by atoms with E-state index >= 15 is 0 Å². The minimum absolute atomic E-state index is 1.28. The first kappa shape index (κ1) is 14.6.